The van der Waals surface area contributed by atoms with Crippen LogP contribution in [0.15, 0.2) is 42.5 Å². The second kappa shape index (κ2) is 6.08. The van der Waals surface area contributed by atoms with Gasteiger partial charge in [0, 0.05) is 0 Å². The molecule has 0 heterocycles. The zero-order chi connectivity index (χ0) is 12.0. The Kier molecular flexibility index (Phi) is 4.73. The Labute approximate surface area is 95.0 Å². The van der Waals surface area contributed by atoms with Gasteiger partial charge in [0.15, 0.2) is 0 Å². The van der Waals surface area contributed by atoms with Crippen molar-refractivity contribution in [3.05, 3.63) is 48.0 Å². The molecule has 1 aromatic rings. The Morgan fingerprint density at radius 2 is 1.94 bits per heavy atom. The molecule has 0 aromatic heterocycles. The maximum atomic E-state index is 10.2. The highest BCUT2D eigenvalue weighted by molar-refractivity contribution is 5.87. The molecule has 0 amide bonds. The predicted octanol–water partition coefficient (Wildman–Crippen LogP) is 2.47. The minimum absolute atomic E-state index is 0.181. The molecule has 0 bridgehead atoms. The van der Waals surface area contributed by atoms with E-state index < -0.39 is 5.97 Å². The van der Waals surface area contributed by atoms with Crippen molar-refractivity contribution in [1.82, 2.24) is 0 Å². The molecule has 3 heteroatoms. The van der Waals surface area contributed by atoms with E-state index in [9.17, 15) is 4.79 Å². The summed E-state index contributed by atoms with van der Waals surface area (Å²) in [6, 6.07) is 8.30. The van der Waals surface area contributed by atoms with Crippen LogP contribution in [-0.2, 0) is 0 Å². The van der Waals surface area contributed by atoms with Crippen LogP contribution in [0.2, 0.25) is 0 Å². The third-order valence-electron chi connectivity index (χ3n) is 2.47. The summed E-state index contributed by atoms with van der Waals surface area (Å²) >= 11 is 0. The molecule has 0 saturated heterocycles. The third-order valence-corrected chi connectivity index (χ3v) is 2.47. The van der Waals surface area contributed by atoms with Gasteiger partial charge in [-0.25, -0.2) is 4.79 Å². The average molecular weight is 220 g/mol. The van der Waals surface area contributed by atoms with E-state index >= 15 is 0 Å². The quantitative estimate of drug-likeness (QED) is 0.715. The van der Waals surface area contributed by atoms with Crippen molar-refractivity contribution in [3.63, 3.8) is 0 Å². The Morgan fingerprint density at radius 3 is 2.19 bits per heavy atom. The fourth-order valence-corrected chi connectivity index (χ4v) is 1.47. The minimum atomic E-state index is -0.879. The van der Waals surface area contributed by atoms with Crippen molar-refractivity contribution in [1.29, 1.82) is 0 Å². The van der Waals surface area contributed by atoms with E-state index in [2.05, 4.69) is 6.58 Å². The summed E-state index contributed by atoms with van der Waals surface area (Å²) in [6.45, 7) is 3.69. The fourth-order valence-electron chi connectivity index (χ4n) is 1.47. The topological polar surface area (TPSA) is 57.5 Å². The van der Waals surface area contributed by atoms with E-state index in [1.165, 1.54) is 0 Å². The maximum absolute atomic E-state index is 10.2. The Morgan fingerprint density at radius 1 is 1.31 bits per heavy atom. The first kappa shape index (κ1) is 12.5. The highest BCUT2D eigenvalue weighted by Gasteiger charge is 2.14. The van der Waals surface area contributed by atoms with E-state index in [1.807, 2.05) is 0 Å². The molecule has 0 aliphatic heterocycles. The fraction of sp³-hybridized carbons (Fsp3) is 0.308. The Bertz CT molecular complexity index is 357. The summed E-state index contributed by atoms with van der Waals surface area (Å²) in [7, 11) is 0. The summed E-state index contributed by atoms with van der Waals surface area (Å²) in [6.07, 6.45) is 2.90. The summed E-state index contributed by atoms with van der Waals surface area (Å²) in [5.74, 6) is -0.879. The lowest BCUT2D eigenvalue weighted by molar-refractivity contribution is 0.0697. The van der Waals surface area contributed by atoms with Gasteiger partial charge in [0.1, 0.15) is 0 Å². The SMILES string of the molecule is C=C1CCCC1O.O=C(O)c1ccccc1. The molecular weight excluding hydrogens is 204 g/mol. The number of aromatic carboxylic acids is 1. The van der Waals surface area contributed by atoms with E-state index in [-0.39, 0.29) is 6.10 Å². The molecule has 1 aliphatic carbocycles. The van der Waals surface area contributed by atoms with Crippen LogP contribution in [0, 0.1) is 0 Å². The van der Waals surface area contributed by atoms with Crippen LogP contribution in [0.5, 0.6) is 0 Å². The number of aliphatic hydroxyl groups excluding tert-OH is 1. The number of rotatable bonds is 1. The maximum Gasteiger partial charge on any atom is 0.335 e. The van der Waals surface area contributed by atoms with Gasteiger partial charge in [-0.15, -0.1) is 0 Å². The van der Waals surface area contributed by atoms with Crippen LogP contribution < -0.4 is 0 Å². The van der Waals surface area contributed by atoms with Crippen molar-refractivity contribution < 1.29 is 15.0 Å². The van der Waals surface area contributed by atoms with E-state index in [0.717, 1.165) is 24.8 Å². The smallest absolute Gasteiger partial charge is 0.335 e. The number of carbonyl (C=O) groups is 1. The van der Waals surface area contributed by atoms with E-state index in [0.29, 0.717) is 5.56 Å². The normalized spacial score (nSPS) is 18.8. The summed E-state index contributed by atoms with van der Waals surface area (Å²) in [5.41, 5.74) is 1.34. The van der Waals surface area contributed by atoms with Crippen molar-refractivity contribution in [3.8, 4) is 0 Å². The van der Waals surface area contributed by atoms with Crippen molar-refractivity contribution in [2.24, 2.45) is 0 Å². The Balaban J connectivity index is 0.000000165. The average Bonchev–Trinajstić information content (AvgIpc) is 2.65. The first-order valence-corrected chi connectivity index (χ1v) is 5.25. The van der Waals surface area contributed by atoms with Gasteiger partial charge in [-0.3, -0.25) is 0 Å². The lowest BCUT2D eigenvalue weighted by Gasteiger charge is -1.96. The van der Waals surface area contributed by atoms with Gasteiger partial charge in [-0.2, -0.15) is 0 Å². The van der Waals surface area contributed by atoms with Crippen LogP contribution in [-0.4, -0.2) is 22.3 Å². The molecule has 1 saturated carbocycles. The molecule has 86 valence electrons. The summed E-state index contributed by atoms with van der Waals surface area (Å²) in [5, 5.41) is 17.3. The van der Waals surface area contributed by atoms with Crippen LogP contribution >= 0.6 is 0 Å². The van der Waals surface area contributed by atoms with Gasteiger partial charge in [0.2, 0.25) is 0 Å². The number of hydrogen-bond acceptors (Lipinski definition) is 2. The van der Waals surface area contributed by atoms with Gasteiger partial charge in [0.05, 0.1) is 11.7 Å². The van der Waals surface area contributed by atoms with Gasteiger partial charge in [0.25, 0.3) is 0 Å². The van der Waals surface area contributed by atoms with Crippen molar-refractivity contribution in [2.75, 3.05) is 0 Å². The monoisotopic (exact) mass is 220 g/mol. The molecule has 1 fully saturated rings. The molecule has 1 atom stereocenters. The third kappa shape index (κ3) is 3.87. The summed E-state index contributed by atoms with van der Waals surface area (Å²) < 4.78 is 0. The Hall–Kier alpha value is -1.61. The second-order valence-corrected chi connectivity index (χ2v) is 3.74. The van der Waals surface area contributed by atoms with Crippen molar-refractivity contribution in [2.45, 2.75) is 25.4 Å². The number of aliphatic hydroxyl groups is 1. The highest BCUT2D eigenvalue weighted by atomic mass is 16.4. The molecule has 1 aliphatic rings. The molecule has 1 aromatic carbocycles. The molecule has 16 heavy (non-hydrogen) atoms. The van der Waals surface area contributed by atoms with Gasteiger partial charge < -0.3 is 10.2 Å². The molecule has 2 N–H and O–H groups in total. The largest absolute Gasteiger partial charge is 0.478 e. The van der Waals surface area contributed by atoms with Crippen LogP contribution in [0.3, 0.4) is 0 Å². The lowest BCUT2D eigenvalue weighted by atomic mass is 10.2. The standard InChI is InChI=1S/C7H6O2.C6H10O/c8-7(9)6-4-2-1-3-5-6;1-5-3-2-4-6(5)7/h1-5H,(H,8,9);6-7H,1-4H2. The number of carboxylic acids is 1. The van der Waals surface area contributed by atoms with Crippen LogP contribution in [0.25, 0.3) is 0 Å². The molecule has 0 spiro atoms. The van der Waals surface area contributed by atoms with Crippen LogP contribution in [0.4, 0.5) is 0 Å². The van der Waals surface area contributed by atoms with Gasteiger partial charge in [-0.1, -0.05) is 24.8 Å². The van der Waals surface area contributed by atoms with Gasteiger partial charge in [-0.05, 0) is 37.0 Å². The minimum Gasteiger partial charge on any atom is -0.478 e. The first-order chi connectivity index (χ1) is 7.61. The van der Waals surface area contributed by atoms with Gasteiger partial charge >= 0.3 is 5.97 Å². The molecular formula is C13H16O3. The molecule has 0 radical (unpaired) electrons. The number of hydrogen-bond donors (Lipinski definition) is 2. The zero-order valence-electron chi connectivity index (χ0n) is 9.10. The van der Waals surface area contributed by atoms with Crippen molar-refractivity contribution >= 4 is 5.97 Å². The summed E-state index contributed by atoms with van der Waals surface area (Å²) in [4.78, 5) is 10.2. The van der Waals surface area contributed by atoms with E-state index in [4.69, 9.17) is 10.2 Å². The lowest BCUT2D eigenvalue weighted by Crippen LogP contribution is -1.98. The first-order valence-electron chi connectivity index (χ1n) is 5.25. The predicted molar refractivity (Wildman–Crippen MR) is 62.4 cm³/mol. The van der Waals surface area contributed by atoms with E-state index in [1.54, 1.807) is 30.3 Å². The zero-order valence-corrected chi connectivity index (χ0v) is 9.10. The number of benzene rings is 1. The number of carboxylic acid groups (broad SMARTS) is 1. The second-order valence-electron chi connectivity index (χ2n) is 3.74. The molecule has 1 unspecified atom stereocenters. The molecule has 3 nitrogen and oxygen atoms in total. The highest BCUT2D eigenvalue weighted by Crippen LogP contribution is 2.21. The molecule has 2 rings (SSSR count). The van der Waals surface area contributed by atoms with Crippen LogP contribution in [0.1, 0.15) is 29.6 Å².